The number of halogens is 1. The molecule has 3 heterocycles. The fourth-order valence-corrected chi connectivity index (χ4v) is 4.50. The van der Waals surface area contributed by atoms with E-state index in [9.17, 15) is 9.18 Å². The molecule has 0 N–H and O–H groups in total. The second kappa shape index (κ2) is 7.64. The van der Waals surface area contributed by atoms with Gasteiger partial charge in [0.1, 0.15) is 5.82 Å². The average Bonchev–Trinajstić information content (AvgIpc) is 3.32. The first-order valence-electron chi connectivity index (χ1n) is 9.22. The predicted molar refractivity (Wildman–Crippen MR) is 105 cm³/mol. The largest absolute Gasteiger partial charge is 0.337 e. The van der Waals surface area contributed by atoms with Crippen LogP contribution in [-0.2, 0) is 13.5 Å². The van der Waals surface area contributed by atoms with Crippen LogP contribution < -0.4 is 0 Å². The van der Waals surface area contributed by atoms with Crippen molar-refractivity contribution in [3.63, 3.8) is 0 Å². The smallest absolute Gasteiger partial charge is 0.274 e. The van der Waals surface area contributed by atoms with Crippen LogP contribution in [0.1, 0.15) is 28.2 Å². The van der Waals surface area contributed by atoms with Crippen LogP contribution in [0.4, 0.5) is 4.39 Å². The third-order valence-corrected chi connectivity index (χ3v) is 6.11. The van der Waals surface area contributed by atoms with Crippen molar-refractivity contribution in [2.24, 2.45) is 13.0 Å². The fourth-order valence-electron chi connectivity index (χ4n) is 3.68. The standard InChI is InChI=1S/C21H22FN3OS/c1-24-20(16-4-6-17(22)7-5-16)14-19(23-24)21(26)25-10-8-15(9-11-25)13-18-3-2-12-27-18/h2-7,12,14-15H,8-11,13H2,1H3. The molecule has 1 saturated heterocycles. The van der Waals surface area contributed by atoms with Gasteiger partial charge in [0.25, 0.3) is 5.91 Å². The molecule has 0 aliphatic carbocycles. The SMILES string of the molecule is Cn1nc(C(=O)N2CCC(Cc3cccs3)CC2)cc1-c1ccc(F)cc1. The predicted octanol–water partition coefficient (Wildman–Crippen LogP) is 4.38. The Labute approximate surface area is 162 Å². The molecule has 6 heteroatoms. The van der Waals surface area contributed by atoms with E-state index < -0.39 is 0 Å². The summed E-state index contributed by atoms with van der Waals surface area (Å²) in [7, 11) is 1.81. The van der Waals surface area contributed by atoms with E-state index in [2.05, 4.69) is 22.6 Å². The molecule has 0 atom stereocenters. The van der Waals surface area contributed by atoms with Crippen molar-refractivity contribution < 1.29 is 9.18 Å². The van der Waals surface area contributed by atoms with Crippen LogP contribution in [-0.4, -0.2) is 33.7 Å². The molecule has 0 saturated carbocycles. The first-order valence-corrected chi connectivity index (χ1v) is 10.1. The molecule has 0 bridgehead atoms. The zero-order chi connectivity index (χ0) is 18.8. The number of nitrogens with zero attached hydrogens (tertiary/aromatic N) is 3. The van der Waals surface area contributed by atoms with E-state index in [1.165, 1.54) is 17.0 Å². The van der Waals surface area contributed by atoms with E-state index in [1.807, 2.05) is 11.9 Å². The number of thiophene rings is 1. The Morgan fingerprint density at radius 2 is 1.96 bits per heavy atom. The monoisotopic (exact) mass is 383 g/mol. The van der Waals surface area contributed by atoms with Crippen molar-refractivity contribution in [3.8, 4) is 11.3 Å². The van der Waals surface area contributed by atoms with Crippen molar-refractivity contribution in [1.82, 2.24) is 14.7 Å². The summed E-state index contributed by atoms with van der Waals surface area (Å²) >= 11 is 1.81. The number of aryl methyl sites for hydroxylation is 1. The van der Waals surface area contributed by atoms with Gasteiger partial charge in [-0.05, 0) is 72.5 Å². The zero-order valence-corrected chi connectivity index (χ0v) is 16.1. The van der Waals surface area contributed by atoms with Crippen LogP contribution in [0, 0.1) is 11.7 Å². The number of rotatable bonds is 4. The third-order valence-electron chi connectivity index (χ3n) is 5.21. The Morgan fingerprint density at radius 3 is 2.63 bits per heavy atom. The minimum Gasteiger partial charge on any atom is -0.337 e. The van der Waals surface area contributed by atoms with E-state index in [0.717, 1.165) is 43.6 Å². The van der Waals surface area contributed by atoms with Crippen LogP contribution >= 0.6 is 11.3 Å². The highest BCUT2D eigenvalue weighted by atomic mass is 32.1. The molecule has 4 nitrogen and oxygen atoms in total. The van der Waals surface area contributed by atoms with Crippen molar-refractivity contribution in [2.75, 3.05) is 13.1 Å². The van der Waals surface area contributed by atoms with Crippen LogP contribution in [0.25, 0.3) is 11.3 Å². The summed E-state index contributed by atoms with van der Waals surface area (Å²) in [6, 6.07) is 12.3. The molecule has 3 aromatic rings. The van der Waals surface area contributed by atoms with Gasteiger partial charge in [-0.2, -0.15) is 5.10 Å². The van der Waals surface area contributed by atoms with Gasteiger partial charge in [0.15, 0.2) is 5.69 Å². The number of hydrogen-bond donors (Lipinski definition) is 0. The summed E-state index contributed by atoms with van der Waals surface area (Å²) in [5.74, 6) is 0.349. The summed E-state index contributed by atoms with van der Waals surface area (Å²) in [5, 5.41) is 6.52. The number of carbonyl (C=O) groups is 1. The molecule has 4 rings (SSSR count). The van der Waals surface area contributed by atoms with Gasteiger partial charge in [0.2, 0.25) is 0 Å². The number of amides is 1. The van der Waals surface area contributed by atoms with Gasteiger partial charge in [-0.1, -0.05) is 6.07 Å². The summed E-state index contributed by atoms with van der Waals surface area (Å²) in [5.41, 5.74) is 2.11. The molecular weight excluding hydrogens is 361 g/mol. The van der Waals surface area contributed by atoms with E-state index in [1.54, 1.807) is 34.2 Å². The Morgan fingerprint density at radius 1 is 1.22 bits per heavy atom. The highest BCUT2D eigenvalue weighted by molar-refractivity contribution is 7.09. The molecule has 1 fully saturated rings. The topological polar surface area (TPSA) is 38.1 Å². The molecule has 1 aromatic carbocycles. The molecule has 27 heavy (non-hydrogen) atoms. The molecule has 0 radical (unpaired) electrons. The Balaban J connectivity index is 1.41. The summed E-state index contributed by atoms with van der Waals surface area (Å²) in [4.78, 5) is 16.2. The number of likely N-dealkylation sites (tertiary alicyclic amines) is 1. The van der Waals surface area contributed by atoms with Gasteiger partial charge >= 0.3 is 0 Å². The van der Waals surface area contributed by atoms with Gasteiger partial charge in [0, 0.05) is 25.0 Å². The maximum absolute atomic E-state index is 13.1. The highest BCUT2D eigenvalue weighted by Crippen LogP contribution is 2.26. The number of hydrogen-bond acceptors (Lipinski definition) is 3. The fraction of sp³-hybridized carbons (Fsp3) is 0.333. The van der Waals surface area contributed by atoms with Crippen molar-refractivity contribution in [3.05, 3.63) is 64.2 Å². The lowest BCUT2D eigenvalue weighted by Gasteiger charge is -2.31. The minimum atomic E-state index is -0.275. The summed E-state index contributed by atoms with van der Waals surface area (Å²) in [6.07, 6.45) is 3.17. The molecule has 0 spiro atoms. The normalized spacial score (nSPS) is 15.3. The average molecular weight is 383 g/mol. The number of piperidine rings is 1. The van der Waals surface area contributed by atoms with Crippen molar-refractivity contribution in [2.45, 2.75) is 19.3 Å². The van der Waals surface area contributed by atoms with Gasteiger partial charge in [0.05, 0.1) is 5.69 Å². The van der Waals surface area contributed by atoms with Crippen LogP contribution in [0.2, 0.25) is 0 Å². The molecule has 1 aliphatic rings. The Kier molecular flexibility index (Phi) is 5.07. The maximum Gasteiger partial charge on any atom is 0.274 e. The van der Waals surface area contributed by atoms with Crippen LogP contribution in [0.15, 0.2) is 47.8 Å². The lowest BCUT2D eigenvalue weighted by molar-refractivity contribution is 0.0684. The van der Waals surface area contributed by atoms with Gasteiger partial charge in [-0.25, -0.2) is 4.39 Å². The van der Waals surface area contributed by atoms with Gasteiger partial charge < -0.3 is 4.90 Å². The zero-order valence-electron chi connectivity index (χ0n) is 15.3. The first kappa shape index (κ1) is 17.9. The van der Waals surface area contributed by atoms with Crippen LogP contribution in [0.5, 0.6) is 0 Å². The minimum absolute atomic E-state index is 0.0199. The molecule has 2 aromatic heterocycles. The second-order valence-electron chi connectivity index (χ2n) is 7.06. The first-order chi connectivity index (χ1) is 13.1. The molecule has 1 aliphatic heterocycles. The van der Waals surface area contributed by atoms with Crippen molar-refractivity contribution >= 4 is 17.2 Å². The third kappa shape index (κ3) is 3.95. The summed E-state index contributed by atoms with van der Waals surface area (Å²) in [6.45, 7) is 1.55. The van der Waals surface area contributed by atoms with Gasteiger partial charge in [-0.3, -0.25) is 9.48 Å². The molecule has 1 amide bonds. The van der Waals surface area contributed by atoms with E-state index in [0.29, 0.717) is 11.6 Å². The van der Waals surface area contributed by atoms with Crippen LogP contribution in [0.3, 0.4) is 0 Å². The molecular formula is C21H22FN3OS. The van der Waals surface area contributed by atoms with Gasteiger partial charge in [-0.15, -0.1) is 11.3 Å². The summed E-state index contributed by atoms with van der Waals surface area (Å²) < 4.78 is 14.8. The van der Waals surface area contributed by atoms with E-state index >= 15 is 0 Å². The second-order valence-corrected chi connectivity index (χ2v) is 8.10. The Hall–Kier alpha value is -2.47. The highest BCUT2D eigenvalue weighted by Gasteiger charge is 2.26. The van der Waals surface area contributed by atoms with Crippen molar-refractivity contribution in [1.29, 1.82) is 0 Å². The van der Waals surface area contributed by atoms with E-state index in [4.69, 9.17) is 0 Å². The number of benzene rings is 1. The van der Waals surface area contributed by atoms with E-state index in [-0.39, 0.29) is 11.7 Å². The lowest BCUT2D eigenvalue weighted by atomic mass is 9.93. The number of carbonyl (C=O) groups excluding carboxylic acids is 1. The Bertz CT molecular complexity index is 910. The lowest BCUT2D eigenvalue weighted by Crippen LogP contribution is -2.39. The molecule has 140 valence electrons. The quantitative estimate of drug-likeness (QED) is 0.670. The molecule has 0 unspecified atom stereocenters. The maximum atomic E-state index is 13.1. The number of aromatic nitrogens is 2.